The quantitative estimate of drug-likeness (QED) is 0.619. The van der Waals surface area contributed by atoms with E-state index in [9.17, 15) is 0 Å². The highest BCUT2D eigenvalue weighted by atomic mass is 32.1. The van der Waals surface area contributed by atoms with Crippen LogP contribution in [0.15, 0.2) is 72.8 Å². The van der Waals surface area contributed by atoms with Gasteiger partial charge in [-0.2, -0.15) is 0 Å². The minimum atomic E-state index is 0.178. The average molecular weight is 349 g/mol. The summed E-state index contributed by atoms with van der Waals surface area (Å²) >= 11 is 5.65. The van der Waals surface area contributed by atoms with Crippen LogP contribution in [-0.2, 0) is 6.42 Å². The molecule has 2 aromatic rings. The molecule has 1 fully saturated rings. The van der Waals surface area contributed by atoms with E-state index in [2.05, 4.69) is 83.4 Å². The largest absolute Gasteiger partial charge is 0.359 e. The van der Waals surface area contributed by atoms with Crippen molar-refractivity contribution in [3.8, 4) is 0 Å². The maximum Gasteiger partial charge on any atom is 0.167 e. The molecule has 2 nitrogen and oxygen atoms in total. The SMILES string of the molecule is S=C(N[C@@H](Cc1ccccc1)c1ccccc1)N[C@@H]1C[C@H]2C=C[C@H]1C2. The molecule has 0 radical (unpaired) electrons. The molecule has 2 aromatic carbocycles. The fourth-order valence-electron chi connectivity index (χ4n) is 4.10. The van der Waals surface area contributed by atoms with E-state index in [0.717, 1.165) is 17.5 Å². The number of thiocarbonyl (C=S) groups is 1. The number of hydrogen-bond donors (Lipinski definition) is 2. The third-order valence-electron chi connectivity index (χ3n) is 5.39. The zero-order chi connectivity index (χ0) is 17.1. The smallest absolute Gasteiger partial charge is 0.167 e. The van der Waals surface area contributed by atoms with Crippen LogP contribution in [0.2, 0.25) is 0 Å². The summed E-state index contributed by atoms with van der Waals surface area (Å²) in [7, 11) is 0. The van der Waals surface area contributed by atoms with Gasteiger partial charge in [-0.05, 0) is 54.4 Å². The maximum atomic E-state index is 5.65. The second kappa shape index (κ2) is 7.40. The molecule has 0 amide bonds. The van der Waals surface area contributed by atoms with Crippen LogP contribution >= 0.6 is 12.2 Å². The molecule has 2 aliphatic carbocycles. The summed E-state index contributed by atoms with van der Waals surface area (Å²) < 4.78 is 0. The van der Waals surface area contributed by atoms with Crippen LogP contribution in [0.4, 0.5) is 0 Å². The van der Waals surface area contributed by atoms with Gasteiger partial charge in [0.2, 0.25) is 0 Å². The summed E-state index contributed by atoms with van der Waals surface area (Å²) in [5.41, 5.74) is 2.58. The number of fused-ring (bicyclic) bond motifs is 2. The number of benzene rings is 2. The Morgan fingerprint density at radius 3 is 2.32 bits per heavy atom. The Kier molecular flexibility index (Phi) is 4.84. The van der Waals surface area contributed by atoms with Crippen LogP contribution in [0.1, 0.15) is 30.0 Å². The van der Waals surface area contributed by atoms with Gasteiger partial charge >= 0.3 is 0 Å². The van der Waals surface area contributed by atoms with Gasteiger partial charge in [0.05, 0.1) is 6.04 Å². The Labute approximate surface area is 155 Å². The van der Waals surface area contributed by atoms with Gasteiger partial charge in [-0.25, -0.2) is 0 Å². The molecule has 128 valence electrons. The molecular formula is C22H24N2S. The molecule has 25 heavy (non-hydrogen) atoms. The first-order valence-electron chi connectivity index (χ1n) is 9.12. The van der Waals surface area contributed by atoms with E-state index in [1.165, 1.54) is 24.0 Å². The Bertz CT molecular complexity index is 741. The van der Waals surface area contributed by atoms with Crippen LogP contribution < -0.4 is 10.6 Å². The average Bonchev–Trinajstić information content (AvgIpc) is 3.26. The molecule has 2 N–H and O–H groups in total. The summed E-state index contributed by atoms with van der Waals surface area (Å²) in [6.45, 7) is 0. The van der Waals surface area contributed by atoms with Crippen LogP contribution in [0.25, 0.3) is 0 Å². The van der Waals surface area contributed by atoms with Crippen molar-refractivity contribution in [3.05, 3.63) is 83.9 Å². The van der Waals surface area contributed by atoms with Gasteiger partial charge in [-0.15, -0.1) is 0 Å². The zero-order valence-corrected chi connectivity index (χ0v) is 15.1. The predicted molar refractivity (Wildman–Crippen MR) is 107 cm³/mol. The highest BCUT2D eigenvalue weighted by Crippen LogP contribution is 2.38. The predicted octanol–water partition coefficient (Wildman–Crippen LogP) is 4.40. The van der Waals surface area contributed by atoms with E-state index < -0.39 is 0 Å². The van der Waals surface area contributed by atoms with E-state index in [1.807, 2.05) is 0 Å². The fourth-order valence-corrected chi connectivity index (χ4v) is 4.40. The third-order valence-corrected chi connectivity index (χ3v) is 5.62. The molecule has 0 saturated heterocycles. The Morgan fingerprint density at radius 2 is 1.68 bits per heavy atom. The van der Waals surface area contributed by atoms with Gasteiger partial charge < -0.3 is 10.6 Å². The lowest BCUT2D eigenvalue weighted by molar-refractivity contribution is 0.511. The Hall–Kier alpha value is -2.13. The first-order chi connectivity index (χ1) is 12.3. The van der Waals surface area contributed by atoms with E-state index in [-0.39, 0.29) is 6.04 Å². The third kappa shape index (κ3) is 3.93. The second-order valence-electron chi connectivity index (χ2n) is 7.16. The molecule has 3 heteroatoms. The number of hydrogen-bond acceptors (Lipinski definition) is 1. The molecule has 2 bridgehead atoms. The maximum absolute atomic E-state index is 5.65. The molecule has 0 heterocycles. The normalized spacial score (nSPS) is 24.9. The zero-order valence-electron chi connectivity index (χ0n) is 14.3. The fraction of sp³-hybridized carbons (Fsp3) is 0.318. The summed E-state index contributed by atoms with van der Waals surface area (Å²) in [5, 5.41) is 7.90. The monoisotopic (exact) mass is 348 g/mol. The van der Waals surface area contributed by atoms with Crippen molar-refractivity contribution in [2.45, 2.75) is 31.3 Å². The Balaban J connectivity index is 1.44. The van der Waals surface area contributed by atoms with Crippen LogP contribution in [-0.4, -0.2) is 11.2 Å². The summed E-state index contributed by atoms with van der Waals surface area (Å²) in [6.07, 6.45) is 8.13. The van der Waals surface area contributed by atoms with Crippen LogP contribution in [0.5, 0.6) is 0 Å². The van der Waals surface area contributed by atoms with Crippen molar-refractivity contribution in [2.24, 2.45) is 11.8 Å². The number of allylic oxidation sites excluding steroid dienone is 1. The lowest BCUT2D eigenvalue weighted by atomic mass is 9.99. The minimum Gasteiger partial charge on any atom is -0.359 e. The second-order valence-corrected chi connectivity index (χ2v) is 7.57. The van der Waals surface area contributed by atoms with Crippen molar-refractivity contribution < 1.29 is 0 Å². The van der Waals surface area contributed by atoms with E-state index in [0.29, 0.717) is 12.0 Å². The molecule has 0 aliphatic heterocycles. The molecular weight excluding hydrogens is 324 g/mol. The highest BCUT2D eigenvalue weighted by Gasteiger charge is 2.36. The van der Waals surface area contributed by atoms with Crippen molar-refractivity contribution in [1.29, 1.82) is 0 Å². The molecule has 0 aromatic heterocycles. The van der Waals surface area contributed by atoms with Crippen molar-refractivity contribution in [1.82, 2.24) is 10.6 Å². The Morgan fingerprint density at radius 1 is 0.960 bits per heavy atom. The number of rotatable bonds is 5. The molecule has 0 spiro atoms. The first-order valence-corrected chi connectivity index (χ1v) is 9.53. The molecule has 0 unspecified atom stereocenters. The van der Waals surface area contributed by atoms with Gasteiger partial charge in [-0.1, -0.05) is 72.8 Å². The van der Waals surface area contributed by atoms with Crippen LogP contribution in [0, 0.1) is 11.8 Å². The van der Waals surface area contributed by atoms with Crippen molar-refractivity contribution in [2.75, 3.05) is 0 Å². The standard InChI is InChI=1S/C22H24N2S/c25-22(24-21-15-17-11-12-19(21)13-17)23-20(18-9-5-2-6-10-18)14-16-7-3-1-4-8-16/h1-12,17,19-21H,13-15H2,(H2,23,24,25)/t17-,19-,20-,21+/m0/s1. The molecule has 4 atom stereocenters. The summed E-state index contributed by atoms with van der Waals surface area (Å²) in [6, 6.07) is 21.8. The first kappa shape index (κ1) is 16.3. The topological polar surface area (TPSA) is 24.1 Å². The van der Waals surface area contributed by atoms with E-state index in [4.69, 9.17) is 12.2 Å². The molecule has 1 saturated carbocycles. The van der Waals surface area contributed by atoms with E-state index >= 15 is 0 Å². The van der Waals surface area contributed by atoms with E-state index in [1.54, 1.807) is 0 Å². The lowest BCUT2D eigenvalue weighted by Crippen LogP contribution is -2.45. The number of nitrogens with one attached hydrogen (secondary N) is 2. The summed E-state index contributed by atoms with van der Waals surface area (Å²) in [4.78, 5) is 0. The molecule has 2 aliphatic rings. The van der Waals surface area contributed by atoms with Gasteiger partial charge in [0, 0.05) is 6.04 Å². The van der Waals surface area contributed by atoms with Crippen molar-refractivity contribution >= 4 is 17.3 Å². The van der Waals surface area contributed by atoms with Gasteiger partial charge in [0.15, 0.2) is 5.11 Å². The minimum absolute atomic E-state index is 0.178. The van der Waals surface area contributed by atoms with Gasteiger partial charge in [-0.3, -0.25) is 0 Å². The molecule has 4 rings (SSSR count). The summed E-state index contributed by atoms with van der Waals surface area (Å²) in [5.74, 6) is 1.40. The van der Waals surface area contributed by atoms with Gasteiger partial charge in [0.25, 0.3) is 0 Å². The van der Waals surface area contributed by atoms with Crippen molar-refractivity contribution in [3.63, 3.8) is 0 Å². The lowest BCUT2D eigenvalue weighted by Gasteiger charge is -2.26. The van der Waals surface area contributed by atoms with Crippen LogP contribution in [0.3, 0.4) is 0 Å². The highest BCUT2D eigenvalue weighted by molar-refractivity contribution is 7.80. The van der Waals surface area contributed by atoms with Gasteiger partial charge in [0.1, 0.15) is 0 Å².